The smallest absolute Gasteiger partial charge is 0.288 e. The molecule has 1 heterocycles. The summed E-state index contributed by atoms with van der Waals surface area (Å²) in [6.45, 7) is 0. The van der Waals surface area contributed by atoms with Crippen molar-refractivity contribution in [3.05, 3.63) is 61.7 Å². The molecule has 0 atom stereocenters. The van der Waals surface area contributed by atoms with Gasteiger partial charge >= 0.3 is 0 Å². The molecule has 3 aromatic rings. The zero-order valence-electron chi connectivity index (χ0n) is 13.0. The molecule has 0 saturated carbocycles. The zero-order valence-corrected chi connectivity index (χ0v) is 14.5. The lowest BCUT2D eigenvalue weighted by Crippen LogP contribution is -2.03. The van der Waals surface area contributed by atoms with Crippen LogP contribution in [0.25, 0.3) is 10.8 Å². The maximum Gasteiger partial charge on any atom is 0.288 e. The van der Waals surface area contributed by atoms with Gasteiger partial charge in [-0.05, 0) is 23.8 Å². The maximum atomic E-state index is 11.2. The van der Waals surface area contributed by atoms with E-state index in [9.17, 15) is 10.1 Å². The number of nitro groups is 1. The fourth-order valence-corrected chi connectivity index (χ4v) is 3.18. The van der Waals surface area contributed by atoms with Gasteiger partial charge < -0.3 is 10.5 Å². The predicted molar refractivity (Wildman–Crippen MR) is 96.4 cm³/mol. The van der Waals surface area contributed by atoms with Gasteiger partial charge in [0.05, 0.1) is 22.7 Å². The lowest BCUT2D eigenvalue weighted by molar-refractivity contribution is -0.384. The van der Waals surface area contributed by atoms with Crippen LogP contribution in [-0.4, -0.2) is 22.2 Å². The molecule has 0 aliphatic rings. The molecule has 0 unspecified atom stereocenters. The second-order valence-electron chi connectivity index (χ2n) is 5.26. The Kier molecular flexibility index (Phi) is 4.61. The molecule has 2 aromatic carbocycles. The van der Waals surface area contributed by atoms with E-state index in [0.29, 0.717) is 33.7 Å². The van der Waals surface area contributed by atoms with E-state index >= 15 is 0 Å². The third-order valence-electron chi connectivity index (χ3n) is 3.75. The van der Waals surface area contributed by atoms with Crippen molar-refractivity contribution in [2.24, 2.45) is 0 Å². The number of methoxy groups -OCH3 is 1. The van der Waals surface area contributed by atoms with Gasteiger partial charge in [0, 0.05) is 23.3 Å². The van der Waals surface area contributed by atoms with Crippen LogP contribution in [0, 0.1) is 10.1 Å². The fourth-order valence-electron chi connectivity index (χ4n) is 2.56. The molecule has 9 heteroatoms. The van der Waals surface area contributed by atoms with Crippen molar-refractivity contribution >= 4 is 45.5 Å². The average Bonchev–Trinajstić information content (AvgIpc) is 2.57. The van der Waals surface area contributed by atoms with Gasteiger partial charge in [-0.15, -0.1) is 5.10 Å². The summed E-state index contributed by atoms with van der Waals surface area (Å²) in [4.78, 5) is 10.6. The van der Waals surface area contributed by atoms with Gasteiger partial charge in [-0.1, -0.05) is 29.3 Å². The molecule has 128 valence electrons. The van der Waals surface area contributed by atoms with Crippen LogP contribution in [0.4, 0.5) is 11.5 Å². The van der Waals surface area contributed by atoms with Crippen LogP contribution in [0.5, 0.6) is 5.75 Å². The summed E-state index contributed by atoms with van der Waals surface area (Å²) in [7, 11) is 1.53. The SMILES string of the molecule is COc1ccc(Cc2nnc(N)c3ccc([N+](=O)[O-])c(Cl)c23)cc1Cl. The summed E-state index contributed by atoms with van der Waals surface area (Å²) in [6.07, 6.45) is 0.328. The van der Waals surface area contributed by atoms with Crippen molar-refractivity contribution in [2.45, 2.75) is 6.42 Å². The number of fused-ring (bicyclic) bond motifs is 1. The molecular formula is C16H12Cl2N4O3. The maximum absolute atomic E-state index is 11.2. The predicted octanol–water partition coefficient (Wildman–Crippen LogP) is 4.03. The standard InChI is InChI=1S/C16H12Cl2N4O3/c1-25-13-5-2-8(6-10(13)17)7-11-14-9(16(19)21-20-11)3-4-12(15(14)18)22(23)24/h2-6H,7H2,1H3,(H2,19,21). The van der Waals surface area contributed by atoms with Crippen molar-refractivity contribution in [3.8, 4) is 5.75 Å². The Balaban J connectivity index is 2.16. The van der Waals surface area contributed by atoms with Gasteiger partial charge in [0.25, 0.3) is 5.69 Å². The van der Waals surface area contributed by atoms with E-state index in [1.165, 1.54) is 19.2 Å². The number of nitrogens with two attached hydrogens (primary N) is 1. The summed E-state index contributed by atoms with van der Waals surface area (Å²) in [6, 6.07) is 8.11. The van der Waals surface area contributed by atoms with E-state index in [4.69, 9.17) is 33.7 Å². The molecule has 0 aliphatic heterocycles. The Morgan fingerprint density at radius 1 is 1.24 bits per heavy atom. The number of rotatable bonds is 4. The molecule has 7 nitrogen and oxygen atoms in total. The van der Waals surface area contributed by atoms with Crippen molar-refractivity contribution in [1.29, 1.82) is 0 Å². The van der Waals surface area contributed by atoms with E-state index in [-0.39, 0.29) is 16.5 Å². The quantitative estimate of drug-likeness (QED) is 0.542. The van der Waals surface area contributed by atoms with Gasteiger partial charge in [-0.2, -0.15) is 5.10 Å². The summed E-state index contributed by atoms with van der Waals surface area (Å²) in [5.41, 5.74) is 6.92. The van der Waals surface area contributed by atoms with Crippen LogP contribution >= 0.6 is 23.2 Å². The van der Waals surface area contributed by atoms with E-state index in [0.717, 1.165) is 5.56 Å². The molecule has 2 N–H and O–H groups in total. The number of nitro benzene ring substituents is 1. The molecule has 1 aromatic heterocycles. The number of anilines is 1. The van der Waals surface area contributed by atoms with Crippen LogP contribution in [0.15, 0.2) is 30.3 Å². The van der Waals surface area contributed by atoms with Crippen LogP contribution in [0.1, 0.15) is 11.3 Å². The molecule has 0 bridgehead atoms. The lowest BCUT2D eigenvalue weighted by atomic mass is 10.0. The van der Waals surface area contributed by atoms with Crippen LogP contribution in [-0.2, 0) is 6.42 Å². The molecule has 0 aliphatic carbocycles. The summed E-state index contributed by atoms with van der Waals surface area (Å²) in [5, 5.41) is 20.5. The highest BCUT2D eigenvalue weighted by molar-refractivity contribution is 6.38. The molecule has 0 saturated heterocycles. The third kappa shape index (κ3) is 3.16. The Morgan fingerprint density at radius 3 is 2.64 bits per heavy atom. The number of benzene rings is 2. The highest BCUT2D eigenvalue weighted by Gasteiger charge is 2.20. The third-order valence-corrected chi connectivity index (χ3v) is 4.43. The minimum absolute atomic E-state index is 0.0151. The van der Waals surface area contributed by atoms with E-state index in [1.54, 1.807) is 12.1 Å². The number of nitrogen functional groups attached to an aromatic ring is 1. The first kappa shape index (κ1) is 17.2. The number of ether oxygens (including phenoxy) is 1. The minimum atomic E-state index is -0.549. The first-order valence-electron chi connectivity index (χ1n) is 7.12. The molecule has 0 amide bonds. The summed E-state index contributed by atoms with van der Waals surface area (Å²) < 4.78 is 5.12. The van der Waals surface area contributed by atoms with Crippen molar-refractivity contribution in [2.75, 3.05) is 12.8 Å². The zero-order chi connectivity index (χ0) is 18.1. The van der Waals surface area contributed by atoms with E-state index < -0.39 is 4.92 Å². The first-order valence-corrected chi connectivity index (χ1v) is 7.88. The lowest BCUT2D eigenvalue weighted by Gasteiger charge is -2.10. The second-order valence-corrected chi connectivity index (χ2v) is 6.04. The molecule has 3 rings (SSSR count). The van der Waals surface area contributed by atoms with E-state index in [2.05, 4.69) is 10.2 Å². The van der Waals surface area contributed by atoms with Gasteiger partial charge in [0.1, 0.15) is 10.8 Å². The Morgan fingerprint density at radius 2 is 2.00 bits per heavy atom. The number of hydrogen-bond donors (Lipinski definition) is 1. The molecule has 0 radical (unpaired) electrons. The number of nitrogens with zero attached hydrogens (tertiary/aromatic N) is 3. The van der Waals surface area contributed by atoms with Crippen LogP contribution in [0.3, 0.4) is 0 Å². The average molecular weight is 379 g/mol. The van der Waals surface area contributed by atoms with Crippen molar-refractivity contribution in [1.82, 2.24) is 10.2 Å². The van der Waals surface area contributed by atoms with Gasteiger partial charge in [0.2, 0.25) is 0 Å². The van der Waals surface area contributed by atoms with Gasteiger partial charge in [-0.25, -0.2) is 0 Å². The summed E-state index contributed by atoms with van der Waals surface area (Å²) in [5.74, 6) is 0.704. The highest BCUT2D eigenvalue weighted by Crippen LogP contribution is 2.36. The monoisotopic (exact) mass is 378 g/mol. The summed E-state index contributed by atoms with van der Waals surface area (Å²) >= 11 is 12.4. The van der Waals surface area contributed by atoms with Gasteiger partial charge in [-0.3, -0.25) is 10.1 Å². The highest BCUT2D eigenvalue weighted by atomic mass is 35.5. The minimum Gasteiger partial charge on any atom is -0.495 e. The van der Waals surface area contributed by atoms with Crippen molar-refractivity contribution < 1.29 is 9.66 Å². The number of halogens is 2. The molecule has 0 fully saturated rings. The fraction of sp³-hybridized carbons (Fsp3) is 0.125. The Bertz CT molecular complexity index is 995. The Labute approximate surface area is 152 Å². The Hall–Kier alpha value is -2.64. The van der Waals surface area contributed by atoms with E-state index in [1.807, 2.05) is 6.07 Å². The topological polar surface area (TPSA) is 104 Å². The normalized spacial score (nSPS) is 10.8. The molecular weight excluding hydrogens is 367 g/mol. The molecule has 25 heavy (non-hydrogen) atoms. The van der Waals surface area contributed by atoms with Crippen LogP contribution < -0.4 is 10.5 Å². The largest absolute Gasteiger partial charge is 0.495 e. The van der Waals surface area contributed by atoms with Crippen molar-refractivity contribution in [3.63, 3.8) is 0 Å². The van der Waals surface area contributed by atoms with Crippen LogP contribution in [0.2, 0.25) is 10.0 Å². The second kappa shape index (κ2) is 6.70. The van der Waals surface area contributed by atoms with Gasteiger partial charge in [0.15, 0.2) is 5.82 Å². The first-order chi connectivity index (χ1) is 11.9. The molecule has 0 spiro atoms. The number of aromatic nitrogens is 2. The number of hydrogen-bond acceptors (Lipinski definition) is 6.